The number of methoxy groups -OCH3 is 1. The van der Waals surface area contributed by atoms with Crippen molar-refractivity contribution in [3.05, 3.63) is 105 Å². The van der Waals surface area contributed by atoms with Crippen molar-refractivity contribution in [2.75, 3.05) is 7.11 Å². The quantitative estimate of drug-likeness (QED) is 0.518. The standard InChI is InChI=1S/C25H22BrNO3/c1-16-7-9-17(10-8-16)15-27-23(20-5-3-4-6-21(20)26)22(24(28)25(27)29)18-11-13-19(30-2)14-12-18/h3-14,23,28H,15H2,1-2H3/t23-/m0/s1. The van der Waals surface area contributed by atoms with Gasteiger partial charge in [0.2, 0.25) is 0 Å². The lowest BCUT2D eigenvalue weighted by Crippen LogP contribution is -2.30. The smallest absolute Gasteiger partial charge is 0.290 e. The number of aliphatic hydroxyl groups excluding tert-OH is 1. The van der Waals surface area contributed by atoms with E-state index in [1.54, 1.807) is 12.0 Å². The van der Waals surface area contributed by atoms with Crippen molar-refractivity contribution >= 4 is 27.4 Å². The fourth-order valence-corrected chi connectivity index (χ4v) is 4.29. The number of halogens is 1. The number of carbonyl (C=O) groups is 1. The third-order valence-electron chi connectivity index (χ3n) is 5.38. The Kier molecular flexibility index (Phi) is 5.64. The van der Waals surface area contributed by atoms with Crippen molar-refractivity contribution in [1.82, 2.24) is 4.90 Å². The zero-order chi connectivity index (χ0) is 21.3. The minimum atomic E-state index is -0.414. The number of hydrogen-bond acceptors (Lipinski definition) is 3. The van der Waals surface area contributed by atoms with Gasteiger partial charge in [-0.25, -0.2) is 0 Å². The van der Waals surface area contributed by atoms with Crippen LogP contribution in [0.3, 0.4) is 0 Å². The normalized spacial score (nSPS) is 16.3. The van der Waals surface area contributed by atoms with Crippen molar-refractivity contribution in [1.29, 1.82) is 0 Å². The van der Waals surface area contributed by atoms with Crippen LogP contribution in [0.5, 0.6) is 5.75 Å². The third-order valence-corrected chi connectivity index (χ3v) is 6.10. The van der Waals surface area contributed by atoms with Gasteiger partial charge in [-0.15, -0.1) is 0 Å². The minimum absolute atomic E-state index is 0.215. The van der Waals surface area contributed by atoms with Crippen LogP contribution in [0, 0.1) is 6.92 Å². The van der Waals surface area contributed by atoms with Crippen molar-refractivity contribution in [2.45, 2.75) is 19.5 Å². The van der Waals surface area contributed by atoms with Gasteiger partial charge in [-0.1, -0.05) is 76.1 Å². The fraction of sp³-hybridized carbons (Fsp3) is 0.160. The van der Waals surface area contributed by atoms with E-state index in [0.29, 0.717) is 12.1 Å². The SMILES string of the molecule is COc1ccc(C2=C(O)C(=O)N(Cc3ccc(C)cc3)[C@H]2c2ccccc2Br)cc1. The molecule has 3 aromatic rings. The van der Waals surface area contributed by atoms with Gasteiger partial charge in [-0.3, -0.25) is 4.79 Å². The van der Waals surface area contributed by atoms with Gasteiger partial charge in [0.1, 0.15) is 5.75 Å². The molecule has 4 nitrogen and oxygen atoms in total. The highest BCUT2D eigenvalue weighted by Gasteiger charge is 2.41. The summed E-state index contributed by atoms with van der Waals surface area (Å²) in [5.74, 6) is 0.132. The molecule has 1 heterocycles. The summed E-state index contributed by atoms with van der Waals surface area (Å²) < 4.78 is 6.14. The summed E-state index contributed by atoms with van der Waals surface area (Å²) >= 11 is 3.63. The minimum Gasteiger partial charge on any atom is -0.503 e. The van der Waals surface area contributed by atoms with Crippen LogP contribution in [-0.4, -0.2) is 23.0 Å². The largest absolute Gasteiger partial charge is 0.503 e. The number of carbonyl (C=O) groups excluding carboxylic acids is 1. The van der Waals surface area contributed by atoms with Crippen LogP contribution in [0.2, 0.25) is 0 Å². The van der Waals surface area contributed by atoms with Crippen LogP contribution in [0.25, 0.3) is 5.57 Å². The molecule has 0 radical (unpaired) electrons. The van der Waals surface area contributed by atoms with Crippen molar-refractivity contribution in [2.24, 2.45) is 0 Å². The Morgan fingerprint density at radius 3 is 2.30 bits per heavy atom. The topological polar surface area (TPSA) is 49.8 Å². The van der Waals surface area contributed by atoms with E-state index in [4.69, 9.17) is 4.74 Å². The summed E-state index contributed by atoms with van der Waals surface area (Å²) in [4.78, 5) is 14.9. The number of aryl methyl sites for hydroxylation is 1. The Morgan fingerprint density at radius 2 is 1.67 bits per heavy atom. The van der Waals surface area contributed by atoms with Gasteiger partial charge < -0.3 is 14.7 Å². The Balaban J connectivity index is 1.81. The zero-order valence-electron chi connectivity index (χ0n) is 16.8. The molecule has 1 amide bonds. The molecule has 1 atom stereocenters. The first-order valence-electron chi connectivity index (χ1n) is 9.68. The maximum absolute atomic E-state index is 13.2. The second kappa shape index (κ2) is 8.36. The summed E-state index contributed by atoms with van der Waals surface area (Å²) in [6.45, 7) is 2.43. The predicted molar refractivity (Wildman–Crippen MR) is 121 cm³/mol. The van der Waals surface area contributed by atoms with E-state index >= 15 is 0 Å². The Morgan fingerprint density at radius 1 is 1.00 bits per heavy atom. The number of nitrogens with zero attached hydrogens (tertiary/aromatic N) is 1. The van der Waals surface area contributed by atoms with Gasteiger partial charge >= 0.3 is 0 Å². The number of rotatable bonds is 5. The van der Waals surface area contributed by atoms with Crippen molar-refractivity contribution in [3.8, 4) is 5.75 Å². The molecule has 0 bridgehead atoms. The molecular weight excluding hydrogens is 442 g/mol. The van der Waals surface area contributed by atoms with Gasteiger partial charge in [0, 0.05) is 16.6 Å². The molecule has 1 aliphatic heterocycles. The highest BCUT2D eigenvalue weighted by molar-refractivity contribution is 9.10. The first-order valence-corrected chi connectivity index (χ1v) is 10.5. The lowest BCUT2D eigenvalue weighted by Gasteiger charge is -2.28. The molecule has 1 aliphatic rings. The number of amides is 1. The molecule has 1 N–H and O–H groups in total. The van der Waals surface area contributed by atoms with Crippen LogP contribution in [0.15, 0.2) is 83.0 Å². The average Bonchev–Trinajstić information content (AvgIpc) is 3.00. The van der Waals surface area contributed by atoms with Crippen LogP contribution in [0.1, 0.15) is 28.3 Å². The second-order valence-electron chi connectivity index (χ2n) is 7.33. The lowest BCUT2D eigenvalue weighted by molar-refractivity contribution is -0.130. The predicted octanol–water partition coefficient (Wildman–Crippen LogP) is 5.82. The van der Waals surface area contributed by atoms with E-state index in [1.807, 2.05) is 79.7 Å². The van der Waals surface area contributed by atoms with E-state index in [0.717, 1.165) is 32.5 Å². The lowest BCUT2D eigenvalue weighted by atomic mass is 9.93. The molecule has 0 unspecified atom stereocenters. The molecule has 30 heavy (non-hydrogen) atoms. The monoisotopic (exact) mass is 463 g/mol. The Bertz CT molecular complexity index is 1100. The molecule has 0 saturated heterocycles. The number of benzene rings is 3. The number of hydrogen-bond donors (Lipinski definition) is 1. The fourth-order valence-electron chi connectivity index (χ4n) is 3.79. The van der Waals surface area contributed by atoms with Gasteiger partial charge in [0.15, 0.2) is 5.76 Å². The highest BCUT2D eigenvalue weighted by atomic mass is 79.9. The van der Waals surface area contributed by atoms with Crippen LogP contribution < -0.4 is 4.74 Å². The Hall–Kier alpha value is -3.05. The van der Waals surface area contributed by atoms with E-state index < -0.39 is 6.04 Å². The molecule has 0 aliphatic carbocycles. The molecule has 0 spiro atoms. The molecule has 152 valence electrons. The van der Waals surface area contributed by atoms with Crippen molar-refractivity contribution in [3.63, 3.8) is 0 Å². The van der Waals surface area contributed by atoms with Crippen LogP contribution >= 0.6 is 15.9 Å². The maximum Gasteiger partial charge on any atom is 0.290 e. The molecule has 0 saturated carbocycles. The Labute approximate surface area is 184 Å². The van der Waals surface area contributed by atoms with E-state index in [2.05, 4.69) is 15.9 Å². The molecule has 3 aromatic carbocycles. The first kappa shape index (κ1) is 20.2. The summed E-state index contributed by atoms with van der Waals surface area (Å²) in [5, 5.41) is 10.9. The number of ether oxygens (including phenoxy) is 1. The van der Waals surface area contributed by atoms with Crippen molar-refractivity contribution < 1.29 is 14.6 Å². The number of aliphatic hydroxyl groups is 1. The summed E-state index contributed by atoms with van der Waals surface area (Å²) in [7, 11) is 1.61. The van der Waals surface area contributed by atoms with Gasteiger partial charge in [0.05, 0.1) is 13.2 Å². The van der Waals surface area contributed by atoms with Gasteiger partial charge in [-0.05, 0) is 41.8 Å². The van der Waals surface area contributed by atoms with E-state index in [-0.39, 0.29) is 11.7 Å². The average molecular weight is 464 g/mol. The molecule has 0 fully saturated rings. The molecule has 5 heteroatoms. The second-order valence-corrected chi connectivity index (χ2v) is 8.19. The first-order chi connectivity index (χ1) is 14.5. The maximum atomic E-state index is 13.2. The van der Waals surface area contributed by atoms with Crippen LogP contribution in [-0.2, 0) is 11.3 Å². The zero-order valence-corrected chi connectivity index (χ0v) is 18.4. The molecular formula is C25H22BrNO3. The third kappa shape index (κ3) is 3.73. The summed E-state index contributed by atoms with van der Waals surface area (Å²) in [5.41, 5.74) is 4.48. The van der Waals surface area contributed by atoms with Gasteiger partial charge in [0.25, 0.3) is 5.91 Å². The molecule has 4 rings (SSSR count). The molecule has 0 aromatic heterocycles. The van der Waals surface area contributed by atoms with Gasteiger partial charge in [-0.2, -0.15) is 0 Å². The highest BCUT2D eigenvalue weighted by Crippen LogP contribution is 2.45. The van der Waals surface area contributed by atoms with E-state index in [1.165, 1.54) is 0 Å². The summed E-state index contributed by atoms with van der Waals surface area (Å²) in [6, 6.07) is 22.9. The summed E-state index contributed by atoms with van der Waals surface area (Å²) in [6.07, 6.45) is 0. The van der Waals surface area contributed by atoms with E-state index in [9.17, 15) is 9.90 Å². The van der Waals surface area contributed by atoms with Crippen LogP contribution in [0.4, 0.5) is 0 Å².